The number of hydrogen-bond donors (Lipinski definition) is 1. The number of aromatic nitrogens is 1. The molecule has 0 aliphatic heterocycles. The molecule has 0 atom stereocenters. The zero-order chi connectivity index (χ0) is 23.5. The summed E-state index contributed by atoms with van der Waals surface area (Å²) in [4.78, 5) is 29.4. The van der Waals surface area contributed by atoms with Gasteiger partial charge in [0.25, 0.3) is 0 Å². The molecule has 4 rings (SSSR count). The van der Waals surface area contributed by atoms with Gasteiger partial charge in [-0.3, -0.25) is 10.1 Å². The highest BCUT2D eigenvalue weighted by atomic mass is 32.1. The van der Waals surface area contributed by atoms with E-state index in [1.165, 1.54) is 11.6 Å². The molecule has 0 bridgehead atoms. The van der Waals surface area contributed by atoms with Gasteiger partial charge in [0.05, 0.1) is 18.9 Å². The zero-order valence-corrected chi connectivity index (χ0v) is 20.2. The van der Waals surface area contributed by atoms with Gasteiger partial charge in [-0.2, -0.15) is 0 Å². The molecular formula is C25H28N2O5S. The van der Waals surface area contributed by atoms with Crippen LogP contribution in [0.4, 0.5) is 5.13 Å². The summed E-state index contributed by atoms with van der Waals surface area (Å²) in [5.74, 6) is 0.991. The van der Waals surface area contributed by atoms with Crippen molar-refractivity contribution in [2.24, 2.45) is 0 Å². The molecule has 2 heterocycles. The number of thiazole rings is 1. The molecule has 3 aromatic rings. The van der Waals surface area contributed by atoms with Crippen molar-refractivity contribution in [3.8, 4) is 5.75 Å². The van der Waals surface area contributed by atoms with Gasteiger partial charge in [0, 0.05) is 35.1 Å². The van der Waals surface area contributed by atoms with Crippen LogP contribution < -0.4 is 10.1 Å². The molecule has 1 N–H and O–H groups in total. The largest absolute Gasteiger partial charge is 0.493 e. The lowest BCUT2D eigenvalue weighted by molar-refractivity contribution is -0.111. The molecule has 0 saturated heterocycles. The average molecular weight is 469 g/mol. The second-order valence-electron chi connectivity index (χ2n) is 7.96. The van der Waals surface area contributed by atoms with Crippen LogP contribution in [-0.4, -0.2) is 30.1 Å². The molecule has 1 amide bonds. The van der Waals surface area contributed by atoms with Crippen LogP contribution in [0.2, 0.25) is 0 Å². The minimum atomic E-state index is -0.433. The number of anilines is 1. The summed E-state index contributed by atoms with van der Waals surface area (Å²) in [6.45, 7) is 8.07. The lowest BCUT2D eigenvalue weighted by atomic mass is 9.94. The highest BCUT2D eigenvalue weighted by molar-refractivity contribution is 7.17. The van der Waals surface area contributed by atoms with Gasteiger partial charge in [0.15, 0.2) is 5.13 Å². The number of fused-ring (bicyclic) bond motifs is 3. The van der Waals surface area contributed by atoms with Gasteiger partial charge in [-0.1, -0.05) is 11.3 Å². The number of aryl methyl sites for hydroxylation is 3. The van der Waals surface area contributed by atoms with Crippen molar-refractivity contribution in [2.75, 3.05) is 18.5 Å². The smallest absolute Gasteiger partial charge is 0.350 e. The monoisotopic (exact) mass is 468 g/mol. The zero-order valence-electron chi connectivity index (χ0n) is 19.4. The maximum atomic E-state index is 12.7. The first-order chi connectivity index (χ1) is 15.9. The first-order valence-corrected chi connectivity index (χ1v) is 12.1. The molecule has 0 fully saturated rings. The number of amides is 1. The van der Waals surface area contributed by atoms with Crippen LogP contribution in [0.5, 0.6) is 5.75 Å². The molecule has 0 saturated carbocycles. The summed E-state index contributed by atoms with van der Waals surface area (Å²) in [6.07, 6.45) is 5.79. The third-order valence-electron chi connectivity index (χ3n) is 5.62. The Morgan fingerprint density at radius 3 is 2.76 bits per heavy atom. The summed E-state index contributed by atoms with van der Waals surface area (Å²) < 4.78 is 17.0. The van der Waals surface area contributed by atoms with E-state index in [4.69, 9.17) is 13.9 Å². The first-order valence-electron chi connectivity index (χ1n) is 11.3. The maximum Gasteiger partial charge on any atom is 0.350 e. The molecule has 2 aromatic heterocycles. The first kappa shape index (κ1) is 23.0. The summed E-state index contributed by atoms with van der Waals surface area (Å²) in [7, 11) is 0. The number of furan rings is 1. The Morgan fingerprint density at radius 1 is 1.21 bits per heavy atom. The third kappa shape index (κ3) is 4.80. The van der Waals surface area contributed by atoms with Crippen molar-refractivity contribution in [3.63, 3.8) is 0 Å². The predicted molar refractivity (Wildman–Crippen MR) is 129 cm³/mol. The van der Waals surface area contributed by atoms with E-state index in [0.29, 0.717) is 28.1 Å². The van der Waals surface area contributed by atoms with Crippen molar-refractivity contribution < 1.29 is 23.5 Å². The van der Waals surface area contributed by atoms with Gasteiger partial charge in [-0.25, -0.2) is 9.78 Å². The topological polar surface area (TPSA) is 90.7 Å². The highest BCUT2D eigenvalue weighted by Crippen LogP contribution is 2.38. The number of nitrogens with one attached hydrogen (secondary N) is 1. The van der Waals surface area contributed by atoms with Crippen LogP contribution in [0.25, 0.3) is 16.5 Å². The van der Waals surface area contributed by atoms with E-state index >= 15 is 0 Å². The second kappa shape index (κ2) is 9.79. The van der Waals surface area contributed by atoms with E-state index in [0.717, 1.165) is 64.9 Å². The molecule has 1 aromatic carbocycles. The Kier molecular flexibility index (Phi) is 6.83. The Balaban J connectivity index is 1.61. The van der Waals surface area contributed by atoms with E-state index in [1.807, 2.05) is 19.9 Å². The molecule has 1 aliphatic carbocycles. The van der Waals surface area contributed by atoms with Crippen molar-refractivity contribution in [1.29, 1.82) is 0 Å². The van der Waals surface area contributed by atoms with Gasteiger partial charge in [0.1, 0.15) is 22.0 Å². The van der Waals surface area contributed by atoms with Crippen LogP contribution >= 0.6 is 11.3 Å². The lowest BCUT2D eigenvalue weighted by Gasteiger charge is -2.12. The van der Waals surface area contributed by atoms with Crippen LogP contribution in [-0.2, 0) is 22.4 Å². The molecule has 8 heteroatoms. The summed E-state index contributed by atoms with van der Waals surface area (Å²) in [5, 5.41) is 4.20. The number of esters is 1. The quantitative estimate of drug-likeness (QED) is 0.354. The van der Waals surface area contributed by atoms with Gasteiger partial charge in [0.2, 0.25) is 5.91 Å². The van der Waals surface area contributed by atoms with E-state index < -0.39 is 5.97 Å². The predicted octanol–water partition coefficient (Wildman–Crippen LogP) is 5.69. The number of ether oxygens (including phenoxy) is 2. The summed E-state index contributed by atoms with van der Waals surface area (Å²) >= 11 is 1.10. The van der Waals surface area contributed by atoms with E-state index in [-0.39, 0.29) is 12.5 Å². The second-order valence-corrected chi connectivity index (χ2v) is 8.96. The third-order valence-corrected chi connectivity index (χ3v) is 6.67. The Bertz CT molecular complexity index is 1240. The Labute approximate surface area is 196 Å². The normalized spacial score (nSPS) is 13.6. The summed E-state index contributed by atoms with van der Waals surface area (Å²) in [6, 6.07) is 4.00. The number of rotatable bonds is 7. The minimum absolute atomic E-state index is 0.284. The number of nitrogens with zero attached hydrogens (tertiary/aromatic N) is 1. The van der Waals surface area contributed by atoms with Crippen LogP contribution in [0.15, 0.2) is 22.6 Å². The number of carbonyl (C=O) groups excluding carboxylic acids is 2. The number of benzene rings is 1. The van der Waals surface area contributed by atoms with Crippen molar-refractivity contribution in [3.05, 3.63) is 45.7 Å². The Morgan fingerprint density at radius 2 is 2.00 bits per heavy atom. The van der Waals surface area contributed by atoms with Gasteiger partial charge in [-0.15, -0.1) is 0 Å². The van der Waals surface area contributed by atoms with Gasteiger partial charge in [-0.05, 0) is 58.6 Å². The van der Waals surface area contributed by atoms with Crippen LogP contribution in [0, 0.1) is 6.92 Å². The van der Waals surface area contributed by atoms with Crippen molar-refractivity contribution in [1.82, 2.24) is 4.98 Å². The highest BCUT2D eigenvalue weighted by Gasteiger charge is 2.21. The SMILES string of the molecule is CCOC(=O)c1sc(NC(=O)/C=C(\C)c2cc3c4c(oc3cc2OCC)CCCC4)nc1C. The number of carbonyl (C=O) groups is 2. The fourth-order valence-corrected chi connectivity index (χ4v) is 4.99. The fourth-order valence-electron chi connectivity index (χ4n) is 4.12. The number of allylic oxidation sites excluding steroid dienone is 1. The lowest BCUT2D eigenvalue weighted by Crippen LogP contribution is -2.08. The van der Waals surface area contributed by atoms with Gasteiger partial charge < -0.3 is 13.9 Å². The molecule has 1 aliphatic rings. The van der Waals surface area contributed by atoms with E-state index in [1.54, 1.807) is 13.8 Å². The molecule has 0 radical (unpaired) electrons. The molecule has 174 valence electrons. The van der Waals surface area contributed by atoms with Crippen molar-refractivity contribution in [2.45, 2.75) is 53.4 Å². The molecule has 7 nitrogen and oxygen atoms in total. The Hall–Kier alpha value is -3.13. The summed E-state index contributed by atoms with van der Waals surface area (Å²) in [5.41, 5.74) is 4.25. The van der Waals surface area contributed by atoms with Crippen molar-refractivity contribution >= 4 is 44.9 Å². The maximum absolute atomic E-state index is 12.7. The minimum Gasteiger partial charge on any atom is -0.493 e. The standard InChI is InChI=1S/C25H28N2O5S/c1-5-30-20-13-21-18(16-9-7-8-10-19(16)32-21)12-17(20)14(3)11-22(28)27-25-26-15(4)23(33-25)24(29)31-6-2/h11-13H,5-10H2,1-4H3,(H,26,27,28)/b14-11+. The number of hydrogen-bond acceptors (Lipinski definition) is 7. The van der Waals surface area contributed by atoms with Crippen LogP contribution in [0.3, 0.4) is 0 Å². The fraction of sp³-hybridized carbons (Fsp3) is 0.400. The van der Waals surface area contributed by atoms with Gasteiger partial charge >= 0.3 is 5.97 Å². The molecular weight excluding hydrogens is 440 g/mol. The van der Waals surface area contributed by atoms with E-state index in [2.05, 4.69) is 16.4 Å². The van der Waals surface area contributed by atoms with E-state index in [9.17, 15) is 9.59 Å². The average Bonchev–Trinajstić information content (AvgIpc) is 3.32. The molecule has 0 unspecified atom stereocenters. The molecule has 0 spiro atoms. The molecule has 33 heavy (non-hydrogen) atoms. The van der Waals surface area contributed by atoms with Crippen LogP contribution in [0.1, 0.15) is 65.9 Å².